The first kappa shape index (κ1) is 10.9. The van der Waals surface area contributed by atoms with Crippen LogP contribution in [0.25, 0.3) is 0 Å². The van der Waals surface area contributed by atoms with Crippen LogP contribution in [0.3, 0.4) is 0 Å². The quantitative estimate of drug-likeness (QED) is 0.673. The third-order valence-corrected chi connectivity index (χ3v) is 4.63. The van der Waals surface area contributed by atoms with Crippen LogP contribution in [0.15, 0.2) is 0 Å². The molecule has 86 valence electrons. The molecule has 0 amide bonds. The van der Waals surface area contributed by atoms with Gasteiger partial charge in [0.05, 0.1) is 0 Å². The van der Waals surface area contributed by atoms with Gasteiger partial charge >= 0.3 is 5.97 Å². The molecule has 2 bridgehead atoms. The molecule has 1 N–H and O–H groups in total. The lowest BCUT2D eigenvalue weighted by Crippen LogP contribution is -2.67. The van der Waals surface area contributed by atoms with E-state index in [1.165, 1.54) is 6.92 Å². The second-order valence-electron chi connectivity index (χ2n) is 5.87. The zero-order chi connectivity index (χ0) is 11.4. The highest BCUT2D eigenvalue weighted by Crippen LogP contribution is 2.63. The van der Waals surface area contributed by atoms with Crippen molar-refractivity contribution in [3.63, 3.8) is 0 Å². The molecule has 3 saturated carbocycles. The molecule has 3 nitrogen and oxygen atoms in total. The largest absolute Gasteiger partial charge is 0.459 e. The number of carbonyl (C=O) groups is 1. The monoisotopic (exact) mass is 212 g/mol. The van der Waals surface area contributed by atoms with Gasteiger partial charge in [-0.1, -0.05) is 13.8 Å². The lowest BCUT2D eigenvalue weighted by molar-refractivity contribution is -0.252. The molecule has 3 heteroatoms. The van der Waals surface area contributed by atoms with Crippen molar-refractivity contribution in [3.05, 3.63) is 0 Å². The van der Waals surface area contributed by atoms with Crippen LogP contribution in [0.1, 0.15) is 40.5 Å². The SMILES string of the molecule is CC(=O)OC1CC2CC(C2(C)C)C1(C)O. The minimum Gasteiger partial charge on any atom is -0.459 e. The lowest BCUT2D eigenvalue weighted by atomic mass is 9.43. The van der Waals surface area contributed by atoms with E-state index < -0.39 is 5.60 Å². The molecule has 3 rings (SSSR count). The fraction of sp³-hybridized carbons (Fsp3) is 0.917. The highest BCUT2D eigenvalue weighted by molar-refractivity contribution is 5.66. The Labute approximate surface area is 90.8 Å². The van der Waals surface area contributed by atoms with Crippen LogP contribution >= 0.6 is 0 Å². The average Bonchev–Trinajstić information content (AvgIpc) is 2.06. The molecule has 3 fully saturated rings. The molecule has 3 aliphatic carbocycles. The Morgan fingerprint density at radius 1 is 1.33 bits per heavy atom. The Balaban J connectivity index is 2.17. The molecular weight excluding hydrogens is 192 g/mol. The second kappa shape index (κ2) is 2.97. The van der Waals surface area contributed by atoms with Crippen molar-refractivity contribution >= 4 is 5.97 Å². The maximum absolute atomic E-state index is 10.9. The average molecular weight is 212 g/mol. The van der Waals surface area contributed by atoms with E-state index >= 15 is 0 Å². The first-order chi connectivity index (χ1) is 6.76. The van der Waals surface area contributed by atoms with Crippen LogP contribution in [0.2, 0.25) is 0 Å². The van der Waals surface area contributed by atoms with Crippen molar-refractivity contribution in [2.75, 3.05) is 0 Å². The summed E-state index contributed by atoms with van der Waals surface area (Å²) in [6.07, 6.45) is 1.56. The van der Waals surface area contributed by atoms with Crippen LogP contribution in [0.4, 0.5) is 0 Å². The third-order valence-electron chi connectivity index (χ3n) is 4.63. The van der Waals surface area contributed by atoms with Crippen LogP contribution in [-0.2, 0) is 9.53 Å². The van der Waals surface area contributed by atoms with Crippen LogP contribution in [0, 0.1) is 17.3 Å². The molecule has 0 aromatic rings. The number of ether oxygens (including phenoxy) is 1. The maximum atomic E-state index is 10.9. The predicted molar refractivity (Wildman–Crippen MR) is 56.2 cm³/mol. The van der Waals surface area contributed by atoms with E-state index in [4.69, 9.17) is 4.74 Å². The lowest BCUT2D eigenvalue weighted by Gasteiger charge is -2.64. The first-order valence-electron chi connectivity index (χ1n) is 5.66. The van der Waals surface area contributed by atoms with Gasteiger partial charge in [-0.3, -0.25) is 4.79 Å². The summed E-state index contributed by atoms with van der Waals surface area (Å²) in [6.45, 7) is 7.61. The Bertz CT molecular complexity index is 293. The predicted octanol–water partition coefficient (Wildman–Crippen LogP) is 1.74. The molecule has 0 heterocycles. The molecular formula is C12H20O3. The molecule has 0 spiro atoms. The minimum absolute atomic E-state index is 0.195. The van der Waals surface area contributed by atoms with E-state index in [1.807, 2.05) is 6.92 Å². The van der Waals surface area contributed by atoms with Crippen molar-refractivity contribution in [2.24, 2.45) is 17.3 Å². The highest BCUT2D eigenvalue weighted by atomic mass is 16.6. The summed E-state index contributed by atoms with van der Waals surface area (Å²) in [5.41, 5.74) is -0.663. The third kappa shape index (κ3) is 1.40. The van der Waals surface area contributed by atoms with Gasteiger partial charge in [0, 0.05) is 6.92 Å². The van der Waals surface area contributed by atoms with Crippen molar-refractivity contribution in [2.45, 2.75) is 52.2 Å². The van der Waals surface area contributed by atoms with E-state index in [2.05, 4.69) is 13.8 Å². The number of fused-ring (bicyclic) bond motifs is 2. The van der Waals surface area contributed by atoms with Crippen molar-refractivity contribution in [3.8, 4) is 0 Å². The van der Waals surface area contributed by atoms with Crippen molar-refractivity contribution in [1.82, 2.24) is 0 Å². The van der Waals surface area contributed by atoms with Crippen molar-refractivity contribution in [1.29, 1.82) is 0 Å². The Hall–Kier alpha value is -0.570. The minimum atomic E-state index is -0.857. The Morgan fingerprint density at radius 3 is 2.33 bits per heavy atom. The first-order valence-corrected chi connectivity index (χ1v) is 5.66. The summed E-state index contributed by atoms with van der Waals surface area (Å²) in [5, 5.41) is 10.4. The van der Waals surface area contributed by atoms with E-state index in [0.29, 0.717) is 5.92 Å². The van der Waals surface area contributed by atoms with Gasteiger partial charge < -0.3 is 9.84 Å². The van der Waals surface area contributed by atoms with Gasteiger partial charge in [0.15, 0.2) is 0 Å². The van der Waals surface area contributed by atoms with E-state index in [-0.39, 0.29) is 23.4 Å². The Kier molecular flexibility index (Phi) is 2.16. The summed E-state index contributed by atoms with van der Waals surface area (Å²) in [5.74, 6) is 0.555. The van der Waals surface area contributed by atoms with Crippen LogP contribution in [-0.4, -0.2) is 22.8 Å². The summed E-state index contributed by atoms with van der Waals surface area (Å²) in [7, 11) is 0. The Morgan fingerprint density at radius 2 is 1.93 bits per heavy atom. The fourth-order valence-electron chi connectivity index (χ4n) is 3.50. The van der Waals surface area contributed by atoms with Gasteiger partial charge in [-0.15, -0.1) is 0 Å². The smallest absolute Gasteiger partial charge is 0.303 e. The van der Waals surface area contributed by atoms with E-state index in [9.17, 15) is 9.90 Å². The summed E-state index contributed by atoms with van der Waals surface area (Å²) >= 11 is 0. The fourth-order valence-corrected chi connectivity index (χ4v) is 3.50. The van der Waals surface area contributed by atoms with Gasteiger partial charge in [-0.2, -0.15) is 0 Å². The molecule has 0 saturated heterocycles. The molecule has 0 radical (unpaired) electrons. The van der Waals surface area contributed by atoms with Crippen LogP contribution in [0.5, 0.6) is 0 Å². The molecule has 0 aromatic carbocycles. The molecule has 4 unspecified atom stereocenters. The van der Waals surface area contributed by atoms with E-state index in [0.717, 1.165) is 12.8 Å². The van der Waals surface area contributed by atoms with Gasteiger partial charge in [-0.25, -0.2) is 0 Å². The number of rotatable bonds is 1. The molecule has 3 aliphatic rings. The molecule has 4 atom stereocenters. The summed E-state index contributed by atoms with van der Waals surface area (Å²) < 4.78 is 5.21. The zero-order valence-electron chi connectivity index (χ0n) is 9.91. The maximum Gasteiger partial charge on any atom is 0.303 e. The molecule has 15 heavy (non-hydrogen) atoms. The van der Waals surface area contributed by atoms with Gasteiger partial charge in [0.1, 0.15) is 11.7 Å². The number of carbonyl (C=O) groups excluding carboxylic acids is 1. The molecule has 0 aromatic heterocycles. The summed E-state index contributed by atoms with van der Waals surface area (Å²) in [4.78, 5) is 10.9. The van der Waals surface area contributed by atoms with Gasteiger partial charge in [0.2, 0.25) is 0 Å². The normalized spacial score (nSPS) is 46.9. The standard InChI is InChI=1S/C12H20O3/c1-7(13)15-10-6-8-5-9(11(8,2)3)12(10,4)14/h8-10,14H,5-6H2,1-4H3. The highest BCUT2D eigenvalue weighted by Gasteiger charge is 2.63. The van der Waals surface area contributed by atoms with Crippen molar-refractivity contribution < 1.29 is 14.6 Å². The molecule has 0 aliphatic heterocycles. The number of esters is 1. The summed E-state index contributed by atoms with van der Waals surface area (Å²) in [6, 6.07) is 0. The zero-order valence-corrected chi connectivity index (χ0v) is 9.91. The second-order valence-corrected chi connectivity index (χ2v) is 5.87. The topological polar surface area (TPSA) is 46.5 Å². The van der Waals surface area contributed by atoms with Gasteiger partial charge in [-0.05, 0) is 37.0 Å². The number of hydrogen-bond acceptors (Lipinski definition) is 3. The van der Waals surface area contributed by atoms with E-state index in [1.54, 1.807) is 0 Å². The number of hydrogen-bond donors (Lipinski definition) is 1. The van der Waals surface area contributed by atoms with Gasteiger partial charge in [0.25, 0.3) is 0 Å². The number of aliphatic hydroxyl groups is 1. The van der Waals surface area contributed by atoms with Crippen LogP contribution < -0.4 is 0 Å².